The maximum atomic E-state index is 10.2. The monoisotopic (exact) mass is 437 g/mol. The molecule has 0 aliphatic rings. The largest absolute Gasteiger partial charge is 0.419 e. The smallest absolute Gasteiger partial charge is 0.241 e. The first-order chi connectivity index (χ1) is 14.7. The van der Waals surface area contributed by atoms with Crippen molar-refractivity contribution in [1.29, 1.82) is 10.8 Å². The van der Waals surface area contributed by atoms with Crippen LogP contribution in [0.4, 0.5) is 0 Å². The molecule has 0 unspecified atom stereocenters. The zero-order valence-electron chi connectivity index (χ0n) is 18.1. The molecule has 0 fully saturated rings. The summed E-state index contributed by atoms with van der Waals surface area (Å²) in [5, 5.41) is 19.6. The van der Waals surface area contributed by atoms with Crippen molar-refractivity contribution >= 4 is 22.1 Å². The molecule has 1 heterocycles. The van der Waals surface area contributed by atoms with Gasteiger partial charge in [0.15, 0.2) is 0 Å². The molecule has 4 N–H and O–H groups in total. The van der Waals surface area contributed by atoms with E-state index in [2.05, 4.69) is 15.3 Å². The Morgan fingerprint density at radius 2 is 1.68 bits per heavy atom. The van der Waals surface area contributed by atoms with E-state index in [0.29, 0.717) is 17.0 Å². The van der Waals surface area contributed by atoms with Crippen LogP contribution < -0.4 is 5.32 Å². The molecule has 0 aliphatic heterocycles. The lowest BCUT2D eigenvalue weighted by atomic mass is 10.1. The fraction of sp³-hybridized carbons (Fsp3) is 0.217. The lowest BCUT2D eigenvalue weighted by Crippen LogP contribution is -2.16. The fourth-order valence-electron chi connectivity index (χ4n) is 2.95. The molecule has 3 aromatic rings. The Hall–Kier alpha value is -3.07. The van der Waals surface area contributed by atoms with Crippen molar-refractivity contribution in [2.45, 2.75) is 18.4 Å². The van der Waals surface area contributed by atoms with Crippen LogP contribution in [0.3, 0.4) is 0 Å². The van der Waals surface area contributed by atoms with Crippen molar-refractivity contribution in [3.8, 4) is 11.3 Å². The molecule has 0 saturated carbocycles. The minimum atomic E-state index is -1.79. The summed E-state index contributed by atoms with van der Waals surface area (Å²) in [6, 6.07) is 14.9. The van der Waals surface area contributed by atoms with E-state index in [-0.39, 0.29) is 17.5 Å². The van der Waals surface area contributed by atoms with Gasteiger partial charge < -0.3 is 14.6 Å². The van der Waals surface area contributed by atoms with Crippen molar-refractivity contribution in [2.24, 2.45) is 0 Å². The molecular weight excluding hydrogens is 410 g/mol. The molecule has 0 amide bonds. The van der Waals surface area contributed by atoms with E-state index in [0.717, 1.165) is 22.6 Å². The maximum Gasteiger partial charge on any atom is 0.241 e. The third-order valence-electron chi connectivity index (χ3n) is 4.70. The van der Waals surface area contributed by atoms with Crippen LogP contribution >= 0.6 is 10.3 Å². The van der Waals surface area contributed by atoms with E-state index >= 15 is 0 Å². The number of hydrogen-bond acceptors (Lipinski definition) is 7. The van der Waals surface area contributed by atoms with Crippen molar-refractivity contribution in [2.75, 3.05) is 19.6 Å². The molecule has 2 aromatic carbocycles. The second-order valence-electron chi connectivity index (χ2n) is 7.47. The minimum absolute atomic E-state index is 0.120. The molecule has 0 spiro atoms. The molecule has 0 saturated heterocycles. The summed E-state index contributed by atoms with van der Waals surface area (Å²) in [5.74, 6) is -0.348. The highest BCUT2D eigenvalue weighted by Gasteiger charge is 2.16. The second kappa shape index (κ2) is 9.38. The number of benzene rings is 2. The van der Waals surface area contributed by atoms with Crippen LogP contribution in [-0.4, -0.2) is 45.9 Å². The van der Waals surface area contributed by atoms with E-state index in [9.17, 15) is 4.55 Å². The molecule has 0 bridgehead atoms. The molecule has 162 valence electrons. The van der Waals surface area contributed by atoms with Gasteiger partial charge in [-0.3, -0.25) is 15.8 Å². The average Bonchev–Trinajstić information content (AvgIpc) is 2.74. The Morgan fingerprint density at radius 3 is 2.26 bits per heavy atom. The number of aryl methyl sites for hydroxylation is 1. The molecule has 1 aromatic heterocycles. The third kappa shape index (κ3) is 5.55. The fourth-order valence-corrected chi connectivity index (χ4v) is 3.75. The predicted molar refractivity (Wildman–Crippen MR) is 126 cm³/mol. The van der Waals surface area contributed by atoms with Crippen molar-refractivity contribution in [3.05, 3.63) is 77.2 Å². The van der Waals surface area contributed by atoms with E-state index in [4.69, 9.17) is 15.6 Å². The molecule has 0 aliphatic carbocycles. The summed E-state index contributed by atoms with van der Waals surface area (Å²) in [4.78, 5) is 9.78. The first kappa shape index (κ1) is 22.6. The first-order valence-corrected chi connectivity index (χ1v) is 12.1. The Balaban J connectivity index is 1.79. The number of rotatable bonds is 6. The van der Waals surface area contributed by atoms with E-state index in [1.807, 2.05) is 56.0 Å². The van der Waals surface area contributed by atoms with Gasteiger partial charge in [-0.25, -0.2) is 4.98 Å². The number of aromatic nitrogens is 2. The highest BCUT2D eigenvalue weighted by molar-refractivity contribution is 8.28. The van der Waals surface area contributed by atoms with Gasteiger partial charge >= 0.3 is 0 Å². The molecule has 8 heteroatoms. The maximum absolute atomic E-state index is 10.2. The van der Waals surface area contributed by atoms with E-state index in [1.54, 1.807) is 25.3 Å². The summed E-state index contributed by atoms with van der Waals surface area (Å²) >= 11 is 0. The van der Waals surface area contributed by atoms with Gasteiger partial charge in [0.1, 0.15) is 5.69 Å². The quantitative estimate of drug-likeness (QED) is 0.336. The van der Waals surface area contributed by atoms with Gasteiger partial charge in [0.2, 0.25) is 11.8 Å². The molecule has 0 atom stereocenters. The lowest BCUT2D eigenvalue weighted by Gasteiger charge is -2.23. The summed E-state index contributed by atoms with van der Waals surface area (Å²) in [5.41, 5.74) is 3.92. The standard InChI is InChI=1S/C23H27N5O2S/c1-15-21(23(25)30-22(24)18-7-5-16(6-8-18)13-26-2)28-20(14-27-15)17-9-11-19(12-10-17)31(3,4)29/h5-12,14,24-26,29H,13H2,1-4H3. The normalized spacial score (nSPS) is 11.8. The van der Waals surface area contributed by atoms with Gasteiger partial charge in [0.05, 0.1) is 17.6 Å². The zero-order chi connectivity index (χ0) is 22.6. The van der Waals surface area contributed by atoms with Crippen LogP contribution in [-0.2, 0) is 11.3 Å². The summed E-state index contributed by atoms with van der Waals surface area (Å²) < 4.78 is 15.7. The van der Waals surface area contributed by atoms with Crippen LogP contribution in [0.2, 0.25) is 0 Å². The Morgan fingerprint density at radius 1 is 1.03 bits per heavy atom. The summed E-state index contributed by atoms with van der Waals surface area (Å²) in [7, 11) is 0.0824. The second-order valence-corrected chi connectivity index (χ2v) is 10.5. The molecular formula is C23H27N5O2S. The molecule has 7 nitrogen and oxygen atoms in total. The minimum Gasteiger partial charge on any atom is -0.419 e. The lowest BCUT2D eigenvalue weighted by molar-refractivity contribution is 0.534. The number of ether oxygens (including phenoxy) is 1. The summed E-state index contributed by atoms with van der Waals surface area (Å²) in [6.07, 6.45) is 5.27. The van der Waals surface area contributed by atoms with Crippen molar-refractivity contribution in [1.82, 2.24) is 15.3 Å². The van der Waals surface area contributed by atoms with Crippen LogP contribution in [0, 0.1) is 17.7 Å². The summed E-state index contributed by atoms with van der Waals surface area (Å²) in [6.45, 7) is 2.49. The zero-order valence-corrected chi connectivity index (χ0v) is 18.9. The number of nitrogens with one attached hydrogen (secondary N) is 3. The van der Waals surface area contributed by atoms with Crippen molar-refractivity contribution < 1.29 is 9.29 Å². The highest BCUT2D eigenvalue weighted by Crippen LogP contribution is 2.44. The Kier molecular flexibility index (Phi) is 6.84. The Bertz CT molecular complexity index is 1090. The molecule has 0 radical (unpaired) electrons. The van der Waals surface area contributed by atoms with Gasteiger partial charge in [-0.15, -0.1) is 10.3 Å². The van der Waals surface area contributed by atoms with Crippen LogP contribution in [0.25, 0.3) is 11.3 Å². The van der Waals surface area contributed by atoms with Crippen LogP contribution in [0.5, 0.6) is 0 Å². The van der Waals surface area contributed by atoms with Gasteiger partial charge in [-0.2, -0.15) is 0 Å². The van der Waals surface area contributed by atoms with E-state index < -0.39 is 10.3 Å². The topological polar surface area (TPSA) is 115 Å². The number of nitrogens with zero attached hydrogens (tertiary/aromatic N) is 2. The van der Waals surface area contributed by atoms with Gasteiger partial charge in [-0.1, -0.05) is 24.3 Å². The molecule has 3 rings (SSSR count). The van der Waals surface area contributed by atoms with Crippen LogP contribution in [0.1, 0.15) is 22.5 Å². The SMILES string of the molecule is CNCc1ccc(C(=N)OC(=N)c2nc(-c3ccc(S(C)(C)O)cc3)cnc2C)cc1. The highest BCUT2D eigenvalue weighted by atomic mass is 32.3. The van der Waals surface area contributed by atoms with Gasteiger partial charge in [-0.05, 0) is 56.3 Å². The van der Waals surface area contributed by atoms with Crippen LogP contribution in [0.15, 0.2) is 59.6 Å². The number of hydrogen-bond donors (Lipinski definition) is 4. The molecule has 31 heavy (non-hydrogen) atoms. The van der Waals surface area contributed by atoms with Gasteiger partial charge in [0.25, 0.3) is 0 Å². The van der Waals surface area contributed by atoms with Gasteiger partial charge in [0, 0.05) is 22.6 Å². The van der Waals surface area contributed by atoms with Crippen molar-refractivity contribution in [3.63, 3.8) is 0 Å². The first-order valence-electron chi connectivity index (χ1n) is 9.68. The Labute approximate surface area is 184 Å². The average molecular weight is 438 g/mol. The van der Waals surface area contributed by atoms with E-state index in [1.165, 1.54) is 0 Å². The third-order valence-corrected chi connectivity index (χ3v) is 6.12. The predicted octanol–water partition coefficient (Wildman–Crippen LogP) is 4.44.